The van der Waals surface area contributed by atoms with Crippen molar-refractivity contribution < 1.29 is 9.59 Å². The van der Waals surface area contributed by atoms with Crippen molar-refractivity contribution in [2.24, 2.45) is 0 Å². The summed E-state index contributed by atoms with van der Waals surface area (Å²) in [4.78, 5) is 35.9. The minimum atomic E-state index is -0.482. The molecule has 2 N–H and O–H groups in total. The number of amides is 2. The normalized spacial score (nSPS) is 17.6. The van der Waals surface area contributed by atoms with Crippen LogP contribution in [0.5, 0.6) is 0 Å². The summed E-state index contributed by atoms with van der Waals surface area (Å²) in [5, 5.41) is 5.48. The lowest BCUT2D eigenvalue weighted by Crippen LogP contribution is -2.50. The van der Waals surface area contributed by atoms with Crippen molar-refractivity contribution in [3.05, 3.63) is 42.7 Å². The topological polar surface area (TPSA) is 96.9 Å². The highest BCUT2D eigenvalue weighted by atomic mass is 16.2. The standard InChI is InChI=1S/C15H15N5O2/c21-14(20-13-2-1-3-19-15(13)22)11-4-10(5-16-6-11)12-7-17-9-18-8-12/h4-9,13H,1-3H2,(H,19,22)(H,20,21)/t13-/m1/s1. The molecule has 7 heteroatoms. The first-order valence-corrected chi connectivity index (χ1v) is 7.03. The summed E-state index contributed by atoms with van der Waals surface area (Å²) in [6, 6.07) is 1.23. The van der Waals surface area contributed by atoms with Crippen LogP contribution in [0.1, 0.15) is 23.2 Å². The zero-order chi connectivity index (χ0) is 15.4. The van der Waals surface area contributed by atoms with Gasteiger partial charge in [-0.25, -0.2) is 9.97 Å². The van der Waals surface area contributed by atoms with Crippen molar-refractivity contribution in [2.75, 3.05) is 6.54 Å². The van der Waals surface area contributed by atoms with E-state index in [1.807, 2.05) is 0 Å². The number of rotatable bonds is 3. The molecular formula is C15H15N5O2. The third-order valence-corrected chi connectivity index (χ3v) is 3.48. The number of hydrogen-bond acceptors (Lipinski definition) is 5. The molecule has 2 aromatic rings. The number of pyridine rings is 1. The molecule has 2 aromatic heterocycles. The number of hydrogen-bond donors (Lipinski definition) is 2. The van der Waals surface area contributed by atoms with E-state index < -0.39 is 6.04 Å². The molecule has 1 saturated heterocycles. The van der Waals surface area contributed by atoms with E-state index in [2.05, 4.69) is 25.6 Å². The van der Waals surface area contributed by atoms with Crippen LogP contribution in [-0.4, -0.2) is 39.4 Å². The second kappa shape index (κ2) is 6.30. The molecule has 2 amide bonds. The van der Waals surface area contributed by atoms with Gasteiger partial charge in [-0.15, -0.1) is 0 Å². The van der Waals surface area contributed by atoms with Crippen LogP contribution >= 0.6 is 0 Å². The van der Waals surface area contributed by atoms with Crippen LogP contribution in [0, 0.1) is 0 Å². The fourth-order valence-corrected chi connectivity index (χ4v) is 2.32. The predicted molar refractivity (Wildman–Crippen MR) is 78.8 cm³/mol. The smallest absolute Gasteiger partial charge is 0.253 e. The molecule has 22 heavy (non-hydrogen) atoms. The molecule has 0 aliphatic carbocycles. The van der Waals surface area contributed by atoms with E-state index in [0.717, 1.165) is 17.5 Å². The molecule has 3 heterocycles. The number of aromatic nitrogens is 3. The number of nitrogens with zero attached hydrogens (tertiary/aromatic N) is 3. The minimum Gasteiger partial charge on any atom is -0.354 e. The average molecular weight is 297 g/mol. The lowest BCUT2D eigenvalue weighted by atomic mass is 10.1. The molecule has 1 aliphatic heterocycles. The van der Waals surface area contributed by atoms with E-state index in [1.54, 1.807) is 24.7 Å². The van der Waals surface area contributed by atoms with Crippen molar-refractivity contribution in [3.8, 4) is 11.1 Å². The first-order valence-electron chi connectivity index (χ1n) is 7.03. The molecule has 112 valence electrons. The van der Waals surface area contributed by atoms with Gasteiger partial charge in [-0.3, -0.25) is 14.6 Å². The highest BCUT2D eigenvalue weighted by Crippen LogP contribution is 2.17. The molecule has 0 spiro atoms. The number of piperidine rings is 1. The van der Waals surface area contributed by atoms with Crippen LogP contribution in [0.25, 0.3) is 11.1 Å². The van der Waals surface area contributed by atoms with E-state index in [1.165, 1.54) is 12.5 Å². The van der Waals surface area contributed by atoms with Crippen LogP contribution in [-0.2, 0) is 4.79 Å². The molecule has 3 rings (SSSR count). The van der Waals surface area contributed by atoms with Gasteiger partial charge in [0.1, 0.15) is 12.4 Å². The zero-order valence-electron chi connectivity index (χ0n) is 11.8. The Hall–Kier alpha value is -2.83. The van der Waals surface area contributed by atoms with Gasteiger partial charge in [0, 0.05) is 42.5 Å². The van der Waals surface area contributed by atoms with Crippen LogP contribution in [0.4, 0.5) is 0 Å². The first-order chi connectivity index (χ1) is 10.7. The van der Waals surface area contributed by atoms with Crippen molar-refractivity contribution in [1.82, 2.24) is 25.6 Å². The fourth-order valence-electron chi connectivity index (χ4n) is 2.32. The molecule has 0 aromatic carbocycles. The molecule has 0 bridgehead atoms. The first kappa shape index (κ1) is 14.1. The second-order valence-corrected chi connectivity index (χ2v) is 5.05. The van der Waals surface area contributed by atoms with Gasteiger partial charge in [-0.05, 0) is 18.9 Å². The summed E-state index contributed by atoms with van der Waals surface area (Å²) >= 11 is 0. The zero-order valence-corrected chi connectivity index (χ0v) is 11.8. The highest BCUT2D eigenvalue weighted by molar-refractivity contribution is 5.98. The maximum absolute atomic E-state index is 12.3. The van der Waals surface area contributed by atoms with Crippen molar-refractivity contribution in [2.45, 2.75) is 18.9 Å². The number of carbonyl (C=O) groups excluding carboxylic acids is 2. The molecule has 0 saturated carbocycles. The van der Waals surface area contributed by atoms with Gasteiger partial charge in [-0.2, -0.15) is 0 Å². The van der Waals surface area contributed by atoms with Gasteiger partial charge in [0.25, 0.3) is 5.91 Å². The van der Waals surface area contributed by atoms with E-state index >= 15 is 0 Å². The van der Waals surface area contributed by atoms with Crippen molar-refractivity contribution in [3.63, 3.8) is 0 Å². The van der Waals surface area contributed by atoms with Gasteiger partial charge >= 0.3 is 0 Å². The summed E-state index contributed by atoms with van der Waals surface area (Å²) in [5.74, 6) is -0.451. The molecule has 7 nitrogen and oxygen atoms in total. The Kier molecular flexibility index (Phi) is 4.04. The summed E-state index contributed by atoms with van der Waals surface area (Å²) in [6.45, 7) is 0.663. The monoisotopic (exact) mass is 297 g/mol. The second-order valence-electron chi connectivity index (χ2n) is 5.05. The number of nitrogens with one attached hydrogen (secondary N) is 2. The molecular weight excluding hydrogens is 282 g/mol. The number of carbonyl (C=O) groups is 2. The third kappa shape index (κ3) is 3.08. The van der Waals surface area contributed by atoms with E-state index in [9.17, 15) is 9.59 Å². The highest BCUT2D eigenvalue weighted by Gasteiger charge is 2.24. The van der Waals surface area contributed by atoms with Gasteiger partial charge in [-0.1, -0.05) is 0 Å². The summed E-state index contributed by atoms with van der Waals surface area (Å²) < 4.78 is 0. The Morgan fingerprint density at radius 2 is 1.91 bits per heavy atom. The Morgan fingerprint density at radius 1 is 1.14 bits per heavy atom. The van der Waals surface area contributed by atoms with Gasteiger partial charge < -0.3 is 10.6 Å². The molecule has 1 fully saturated rings. The van der Waals surface area contributed by atoms with Crippen molar-refractivity contribution in [1.29, 1.82) is 0 Å². The van der Waals surface area contributed by atoms with Gasteiger partial charge in [0.2, 0.25) is 5.91 Å². The summed E-state index contributed by atoms with van der Waals surface area (Å²) in [7, 11) is 0. The predicted octanol–water partition coefficient (Wildman–Crippen LogP) is 0.547. The third-order valence-electron chi connectivity index (χ3n) is 3.48. The minimum absolute atomic E-state index is 0.139. The van der Waals surface area contributed by atoms with E-state index in [0.29, 0.717) is 18.5 Å². The van der Waals surface area contributed by atoms with Crippen molar-refractivity contribution >= 4 is 11.8 Å². The average Bonchev–Trinajstić information content (AvgIpc) is 2.58. The van der Waals surface area contributed by atoms with E-state index in [-0.39, 0.29) is 11.8 Å². The Balaban J connectivity index is 1.77. The van der Waals surface area contributed by atoms with Gasteiger partial charge in [0.05, 0.1) is 5.56 Å². The summed E-state index contributed by atoms with van der Waals surface area (Å²) in [6.07, 6.45) is 9.37. The maximum atomic E-state index is 12.3. The Labute approximate surface area is 127 Å². The van der Waals surface area contributed by atoms with Crippen LogP contribution in [0.3, 0.4) is 0 Å². The van der Waals surface area contributed by atoms with Crippen LogP contribution in [0.2, 0.25) is 0 Å². The maximum Gasteiger partial charge on any atom is 0.253 e. The quantitative estimate of drug-likeness (QED) is 0.862. The Morgan fingerprint density at radius 3 is 2.68 bits per heavy atom. The lowest BCUT2D eigenvalue weighted by molar-refractivity contribution is -0.124. The van der Waals surface area contributed by atoms with Crippen LogP contribution < -0.4 is 10.6 Å². The molecule has 0 unspecified atom stereocenters. The molecule has 0 radical (unpaired) electrons. The van der Waals surface area contributed by atoms with Crippen LogP contribution in [0.15, 0.2) is 37.2 Å². The summed E-state index contributed by atoms with van der Waals surface area (Å²) in [5.41, 5.74) is 1.93. The largest absolute Gasteiger partial charge is 0.354 e. The van der Waals surface area contributed by atoms with E-state index in [4.69, 9.17) is 0 Å². The molecule has 1 atom stereocenters. The molecule has 1 aliphatic rings. The van der Waals surface area contributed by atoms with Gasteiger partial charge in [0.15, 0.2) is 0 Å². The fraction of sp³-hybridized carbons (Fsp3) is 0.267. The SMILES string of the molecule is O=C(N[C@@H]1CCCNC1=O)c1cncc(-c2cncnc2)c1. The lowest BCUT2D eigenvalue weighted by Gasteiger charge is -2.22. The Bertz CT molecular complexity index is 689.